The predicted molar refractivity (Wildman–Crippen MR) is 123 cm³/mol. The lowest BCUT2D eigenvalue weighted by atomic mass is 10.1. The van der Waals surface area contributed by atoms with Crippen LogP contribution in [0, 0.1) is 6.92 Å². The van der Waals surface area contributed by atoms with Crippen molar-refractivity contribution >= 4 is 33.3 Å². The molecule has 0 spiro atoms. The molecule has 0 radical (unpaired) electrons. The number of anilines is 1. The van der Waals surface area contributed by atoms with E-state index in [1.54, 1.807) is 25.1 Å². The van der Waals surface area contributed by atoms with E-state index in [0.717, 1.165) is 4.31 Å². The monoisotopic (exact) mass is 492 g/mol. The Labute approximate surface area is 196 Å². The van der Waals surface area contributed by atoms with Gasteiger partial charge in [0.05, 0.1) is 17.8 Å². The van der Waals surface area contributed by atoms with Crippen molar-refractivity contribution in [1.29, 1.82) is 0 Å². The quantitative estimate of drug-likeness (QED) is 0.457. The molecule has 0 aliphatic carbocycles. The van der Waals surface area contributed by atoms with Crippen LogP contribution in [0.15, 0.2) is 65.8 Å². The SMILES string of the molecule is Cc1cc(N(C[C@@H](C)F)S(=O)(=O)c2ccccn2)c(OCc2ccc(C(=O)O)cc2)cc1Cl. The fraction of sp³-hybridized carbons (Fsp3) is 0.217. The van der Waals surface area contributed by atoms with Crippen LogP contribution in [0.2, 0.25) is 5.02 Å². The molecule has 1 N–H and O–H groups in total. The van der Waals surface area contributed by atoms with Gasteiger partial charge in [0.25, 0.3) is 10.0 Å². The zero-order valence-electron chi connectivity index (χ0n) is 17.9. The number of halogens is 2. The van der Waals surface area contributed by atoms with Crippen LogP contribution in [-0.4, -0.2) is 37.2 Å². The highest BCUT2D eigenvalue weighted by Gasteiger charge is 2.30. The standard InChI is InChI=1S/C23H22ClFN2O5S/c1-15-11-20(27(13-16(2)25)33(30,31)22-5-3-4-10-26-22)21(12-19(15)24)32-14-17-6-8-18(9-7-17)23(28)29/h3-12,16H,13-14H2,1-2H3,(H,28,29)/t16-/m1/s1. The number of hydrogen-bond acceptors (Lipinski definition) is 5. The molecule has 1 aromatic heterocycles. The molecule has 7 nitrogen and oxygen atoms in total. The molecule has 33 heavy (non-hydrogen) atoms. The van der Waals surface area contributed by atoms with E-state index in [9.17, 15) is 17.6 Å². The van der Waals surface area contributed by atoms with Crippen molar-refractivity contribution in [3.8, 4) is 5.75 Å². The first-order valence-electron chi connectivity index (χ1n) is 9.92. The van der Waals surface area contributed by atoms with E-state index in [-0.39, 0.29) is 28.6 Å². The summed E-state index contributed by atoms with van der Waals surface area (Å²) in [4.78, 5) is 15.0. The molecule has 0 bridgehead atoms. The number of alkyl halides is 1. The Morgan fingerprint density at radius 2 is 1.91 bits per heavy atom. The van der Waals surface area contributed by atoms with Crippen molar-refractivity contribution in [2.75, 3.05) is 10.8 Å². The second kappa shape index (κ2) is 10.2. The molecule has 0 aliphatic heterocycles. The first kappa shape index (κ1) is 24.5. The normalized spacial score (nSPS) is 12.2. The molecule has 2 aromatic carbocycles. The van der Waals surface area contributed by atoms with E-state index in [2.05, 4.69) is 4.98 Å². The van der Waals surface area contributed by atoms with Gasteiger partial charge in [0, 0.05) is 17.3 Å². The fourth-order valence-electron chi connectivity index (χ4n) is 3.03. The molecule has 0 unspecified atom stereocenters. The van der Waals surface area contributed by atoms with Gasteiger partial charge in [0.1, 0.15) is 18.5 Å². The maximum Gasteiger partial charge on any atom is 0.335 e. The Balaban J connectivity index is 2.02. The minimum absolute atomic E-state index is 0.00887. The van der Waals surface area contributed by atoms with E-state index < -0.39 is 28.7 Å². The predicted octanol–water partition coefficient (Wildman–Crippen LogP) is 4.87. The highest BCUT2D eigenvalue weighted by atomic mass is 35.5. The molecule has 0 fully saturated rings. The first-order valence-corrected chi connectivity index (χ1v) is 11.7. The van der Waals surface area contributed by atoms with E-state index in [1.807, 2.05) is 0 Å². The second-order valence-electron chi connectivity index (χ2n) is 7.34. The van der Waals surface area contributed by atoms with Gasteiger partial charge in [-0.1, -0.05) is 29.8 Å². The third-order valence-electron chi connectivity index (χ3n) is 4.71. The second-order valence-corrected chi connectivity index (χ2v) is 9.56. The lowest BCUT2D eigenvalue weighted by Crippen LogP contribution is -2.36. The van der Waals surface area contributed by atoms with Crippen LogP contribution in [0.4, 0.5) is 10.1 Å². The van der Waals surface area contributed by atoms with Gasteiger partial charge in [-0.15, -0.1) is 0 Å². The highest BCUT2D eigenvalue weighted by molar-refractivity contribution is 7.92. The lowest BCUT2D eigenvalue weighted by molar-refractivity contribution is 0.0697. The molecule has 0 saturated carbocycles. The molecule has 0 aliphatic rings. The number of sulfonamides is 1. The van der Waals surface area contributed by atoms with Crippen LogP contribution in [0.5, 0.6) is 5.75 Å². The minimum atomic E-state index is -4.21. The summed E-state index contributed by atoms with van der Waals surface area (Å²) in [5.74, 6) is -0.918. The summed E-state index contributed by atoms with van der Waals surface area (Å²) in [6.07, 6.45) is -0.134. The number of aromatic carboxylic acids is 1. The van der Waals surface area contributed by atoms with Gasteiger partial charge >= 0.3 is 5.97 Å². The third-order valence-corrected chi connectivity index (χ3v) is 6.82. The molecule has 1 heterocycles. The van der Waals surface area contributed by atoms with Gasteiger partial charge in [-0.3, -0.25) is 4.31 Å². The van der Waals surface area contributed by atoms with Crippen molar-refractivity contribution in [3.05, 3.63) is 82.5 Å². The zero-order chi connectivity index (χ0) is 24.2. The lowest BCUT2D eigenvalue weighted by Gasteiger charge is -2.27. The number of aromatic nitrogens is 1. The van der Waals surface area contributed by atoms with Crippen LogP contribution < -0.4 is 9.04 Å². The molecular weight excluding hydrogens is 471 g/mol. The molecule has 3 aromatic rings. The summed E-state index contributed by atoms with van der Waals surface area (Å²) in [5.41, 5.74) is 1.48. The summed E-state index contributed by atoms with van der Waals surface area (Å²) >= 11 is 6.27. The van der Waals surface area contributed by atoms with Gasteiger partial charge in [0.15, 0.2) is 5.03 Å². The average Bonchev–Trinajstić information content (AvgIpc) is 2.78. The number of pyridine rings is 1. The summed E-state index contributed by atoms with van der Waals surface area (Å²) in [7, 11) is -4.21. The Bertz CT molecular complexity index is 1240. The topological polar surface area (TPSA) is 96.8 Å². The minimum Gasteiger partial charge on any atom is -0.487 e. The number of aryl methyl sites for hydroxylation is 1. The maximum atomic E-state index is 14.1. The van der Waals surface area contributed by atoms with Crippen molar-refractivity contribution in [1.82, 2.24) is 4.98 Å². The smallest absolute Gasteiger partial charge is 0.335 e. The van der Waals surface area contributed by atoms with Crippen molar-refractivity contribution < 1.29 is 27.4 Å². The summed E-state index contributed by atoms with van der Waals surface area (Å²) in [5, 5.41) is 9.15. The first-order chi connectivity index (χ1) is 15.6. The van der Waals surface area contributed by atoms with Gasteiger partial charge in [-0.05, 0) is 55.3 Å². The average molecular weight is 493 g/mol. The number of benzene rings is 2. The van der Waals surface area contributed by atoms with Gasteiger partial charge < -0.3 is 9.84 Å². The molecule has 0 saturated heterocycles. The van der Waals surface area contributed by atoms with Crippen molar-refractivity contribution in [2.45, 2.75) is 31.7 Å². The van der Waals surface area contributed by atoms with Gasteiger partial charge in [0.2, 0.25) is 0 Å². The fourth-order valence-corrected chi connectivity index (χ4v) is 4.66. The largest absolute Gasteiger partial charge is 0.487 e. The summed E-state index contributed by atoms with van der Waals surface area (Å²) in [6.45, 7) is 2.51. The Hall–Kier alpha value is -3.17. The maximum absolute atomic E-state index is 14.1. The number of nitrogens with zero attached hydrogens (tertiary/aromatic N) is 2. The van der Waals surface area contributed by atoms with E-state index in [0.29, 0.717) is 16.1 Å². The van der Waals surface area contributed by atoms with Gasteiger partial charge in [-0.25, -0.2) is 14.2 Å². The van der Waals surface area contributed by atoms with Crippen molar-refractivity contribution in [2.24, 2.45) is 0 Å². The number of carboxylic acid groups (broad SMARTS) is 1. The van der Waals surface area contributed by atoms with Crippen LogP contribution in [-0.2, 0) is 16.6 Å². The molecule has 0 amide bonds. The molecule has 10 heteroatoms. The Morgan fingerprint density at radius 3 is 2.48 bits per heavy atom. The highest BCUT2D eigenvalue weighted by Crippen LogP contribution is 2.37. The van der Waals surface area contributed by atoms with E-state index in [1.165, 1.54) is 49.5 Å². The number of ether oxygens (including phenoxy) is 1. The zero-order valence-corrected chi connectivity index (χ0v) is 19.5. The Morgan fingerprint density at radius 1 is 1.21 bits per heavy atom. The summed E-state index contributed by atoms with van der Waals surface area (Å²) in [6, 6.07) is 13.5. The number of carboxylic acids is 1. The van der Waals surface area contributed by atoms with E-state index >= 15 is 0 Å². The molecule has 3 rings (SSSR count). The number of rotatable bonds is 9. The number of carbonyl (C=O) groups is 1. The third kappa shape index (κ3) is 5.80. The van der Waals surface area contributed by atoms with Crippen molar-refractivity contribution in [3.63, 3.8) is 0 Å². The molecular formula is C23H22ClFN2O5S. The van der Waals surface area contributed by atoms with E-state index in [4.69, 9.17) is 21.4 Å². The van der Waals surface area contributed by atoms with Crippen LogP contribution in [0.1, 0.15) is 28.4 Å². The van der Waals surface area contributed by atoms with Gasteiger partial charge in [-0.2, -0.15) is 8.42 Å². The Kier molecular flexibility index (Phi) is 7.55. The van der Waals surface area contributed by atoms with Crippen LogP contribution in [0.25, 0.3) is 0 Å². The van der Waals surface area contributed by atoms with Crippen LogP contribution >= 0.6 is 11.6 Å². The summed E-state index contributed by atoms with van der Waals surface area (Å²) < 4.78 is 47.6. The van der Waals surface area contributed by atoms with Crippen LogP contribution in [0.3, 0.4) is 0 Å². The molecule has 174 valence electrons. The molecule has 1 atom stereocenters. The number of hydrogen-bond donors (Lipinski definition) is 1.